The molecule has 7 nitrogen and oxygen atoms in total. The molecular formula is C17H17N7S. The Morgan fingerprint density at radius 2 is 2.20 bits per heavy atom. The Kier molecular flexibility index (Phi) is 3.30. The normalized spacial score (nSPS) is 14.3. The van der Waals surface area contributed by atoms with Gasteiger partial charge in [-0.05, 0) is 37.4 Å². The van der Waals surface area contributed by atoms with Crippen LogP contribution in [0.4, 0.5) is 10.8 Å². The van der Waals surface area contributed by atoms with Crippen molar-refractivity contribution in [1.29, 1.82) is 0 Å². The van der Waals surface area contributed by atoms with Crippen molar-refractivity contribution in [1.82, 2.24) is 28.5 Å². The van der Waals surface area contributed by atoms with Gasteiger partial charge >= 0.3 is 0 Å². The van der Waals surface area contributed by atoms with E-state index in [1.807, 2.05) is 33.9 Å². The van der Waals surface area contributed by atoms with E-state index in [0.29, 0.717) is 5.92 Å². The van der Waals surface area contributed by atoms with Gasteiger partial charge in [0.05, 0.1) is 23.8 Å². The summed E-state index contributed by atoms with van der Waals surface area (Å²) in [7, 11) is 0. The Morgan fingerprint density at radius 1 is 1.28 bits per heavy atom. The van der Waals surface area contributed by atoms with Crippen LogP contribution in [0.25, 0.3) is 16.9 Å². The van der Waals surface area contributed by atoms with Gasteiger partial charge in [0.15, 0.2) is 11.5 Å². The molecule has 0 bridgehead atoms. The second-order valence-electron chi connectivity index (χ2n) is 6.21. The third kappa shape index (κ3) is 2.58. The van der Waals surface area contributed by atoms with Crippen LogP contribution in [-0.4, -0.2) is 28.5 Å². The van der Waals surface area contributed by atoms with Crippen LogP contribution in [0, 0.1) is 0 Å². The van der Waals surface area contributed by atoms with Gasteiger partial charge in [-0.3, -0.25) is 9.08 Å². The molecule has 1 fully saturated rings. The highest BCUT2D eigenvalue weighted by Crippen LogP contribution is 2.41. The van der Waals surface area contributed by atoms with E-state index in [4.69, 9.17) is 0 Å². The van der Waals surface area contributed by atoms with Crippen LogP contribution < -0.4 is 5.32 Å². The number of aromatic nitrogens is 6. The monoisotopic (exact) mass is 351 g/mol. The topological polar surface area (TPSA) is 72.9 Å². The summed E-state index contributed by atoms with van der Waals surface area (Å²) in [6, 6.07) is 2.13. The quantitative estimate of drug-likeness (QED) is 0.594. The van der Waals surface area contributed by atoms with E-state index in [1.54, 1.807) is 6.20 Å². The van der Waals surface area contributed by atoms with Gasteiger partial charge in [0, 0.05) is 36.6 Å². The van der Waals surface area contributed by atoms with Crippen LogP contribution in [0.3, 0.4) is 0 Å². The first-order chi connectivity index (χ1) is 12.3. The van der Waals surface area contributed by atoms with E-state index < -0.39 is 0 Å². The van der Waals surface area contributed by atoms with Gasteiger partial charge in [0.25, 0.3) is 0 Å². The molecule has 0 aromatic carbocycles. The number of fused-ring (bicyclic) bond motifs is 1. The summed E-state index contributed by atoms with van der Waals surface area (Å²) in [5.41, 5.74) is 4.03. The fraction of sp³-hybridized carbons (Fsp3) is 0.294. The first-order valence-corrected chi connectivity index (χ1v) is 9.17. The number of anilines is 2. The van der Waals surface area contributed by atoms with Crippen LogP contribution in [0.2, 0.25) is 0 Å². The maximum Gasteiger partial charge on any atom is 0.180 e. The van der Waals surface area contributed by atoms with Crippen molar-refractivity contribution >= 4 is 28.0 Å². The van der Waals surface area contributed by atoms with Crippen molar-refractivity contribution in [3.63, 3.8) is 0 Å². The van der Waals surface area contributed by atoms with E-state index in [2.05, 4.69) is 37.7 Å². The first kappa shape index (κ1) is 14.6. The third-order valence-electron chi connectivity index (χ3n) is 4.45. The number of hydrogen-bond acceptors (Lipinski definition) is 6. The Morgan fingerprint density at radius 3 is 3.00 bits per heavy atom. The second kappa shape index (κ2) is 5.66. The molecule has 1 N–H and O–H groups in total. The lowest BCUT2D eigenvalue weighted by atomic mass is 10.3. The zero-order valence-corrected chi connectivity index (χ0v) is 14.6. The standard InChI is InChI=1S/C17H17N7S/c1-2-23-10-12(8-20-23)14-9-19-17-16(18-5-6-24(14)17)21-15-7-13(22-25-15)11-3-4-11/h5-11H,2-4H2,1H3,(H,18,21). The molecule has 0 radical (unpaired) electrons. The number of hydrogen-bond donors (Lipinski definition) is 1. The van der Waals surface area contributed by atoms with Gasteiger partial charge in [-0.25, -0.2) is 9.97 Å². The molecule has 126 valence electrons. The maximum absolute atomic E-state index is 4.57. The van der Waals surface area contributed by atoms with Crippen molar-refractivity contribution in [2.24, 2.45) is 0 Å². The molecule has 5 rings (SSSR count). The summed E-state index contributed by atoms with van der Waals surface area (Å²) in [4.78, 5) is 9.03. The highest BCUT2D eigenvalue weighted by Gasteiger charge is 2.26. The van der Waals surface area contributed by atoms with Gasteiger partial charge in [0.1, 0.15) is 5.00 Å². The van der Waals surface area contributed by atoms with Gasteiger partial charge in [-0.1, -0.05) is 0 Å². The lowest BCUT2D eigenvalue weighted by Gasteiger charge is -2.04. The molecule has 4 heterocycles. The molecule has 0 aliphatic heterocycles. The summed E-state index contributed by atoms with van der Waals surface area (Å²) in [5.74, 6) is 1.39. The molecule has 0 unspecified atom stereocenters. The predicted molar refractivity (Wildman–Crippen MR) is 97.3 cm³/mol. The molecule has 0 saturated heterocycles. The van der Waals surface area contributed by atoms with Crippen molar-refractivity contribution in [3.8, 4) is 11.3 Å². The molecule has 0 spiro atoms. The van der Waals surface area contributed by atoms with Crippen LogP contribution >= 0.6 is 11.5 Å². The minimum atomic E-state index is 0.656. The number of aryl methyl sites for hydroxylation is 1. The zero-order valence-electron chi connectivity index (χ0n) is 13.8. The minimum Gasteiger partial charge on any atom is -0.328 e. The van der Waals surface area contributed by atoms with Crippen molar-refractivity contribution in [2.75, 3.05) is 5.32 Å². The Bertz CT molecular complexity index is 1040. The van der Waals surface area contributed by atoms with E-state index in [0.717, 1.165) is 34.3 Å². The fourth-order valence-electron chi connectivity index (χ4n) is 2.93. The summed E-state index contributed by atoms with van der Waals surface area (Å²) in [5, 5.41) is 8.73. The Labute approximate surface area is 148 Å². The summed E-state index contributed by atoms with van der Waals surface area (Å²) in [6.07, 6.45) is 12.0. The Balaban J connectivity index is 1.50. The molecule has 4 aromatic heterocycles. The summed E-state index contributed by atoms with van der Waals surface area (Å²) < 4.78 is 8.48. The fourth-order valence-corrected chi connectivity index (χ4v) is 3.65. The smallest absolute Gasteiger partial charge is 0.180 e. The van der Waals surface area contributed by atoms with Crippen molar-refractivity contribution < 1.29 is 0 Å². The van der Waals surface area contributed by atoms with Crippen molar-refractivity contribution in [3.05, 3.63) is 42.7 Å². The highest BCUT2D eigenvalue weighted by molar-refractivity contribution is 7.10. The van der Waals surface area contributed by atoms with E-state index >= 15 is 0 Å². The minimum absolute atomic E-state index is 0.656. The maximum atomic E-state index is 4.57. The molecule has 1 aliphatic carbocycles. The van der Waals surface area contributed by atoms with Gasteiger partial charge < -0.3 is 5.32 Å². The van der Waals surface area contributed by atoms with Crippen LogP contribution in [0.1, 0.15) is 31.4 Å². The molecule has 8 heteroatoms. The highest BCUT2D eigenvalue weighted by atomic mass is 32.1. The molecule has 25 heavy (non-hydrogen) atoms. The number of nitrogens with one attached hydrogen (secondary N) is 1. The zero-order chi connectivity index (χ0) is 16.8. The van der Waals surface area contributed by atoms with Crippen LogP contribution in [-0.2, 0) is 6.54 Å². The summed E-state index contributed by atoms with van der Waals surface area (Å²) in [6.45, 7) is 2.92. The second-order valence-corrected chi connectivity index (χ2v) is 7.02. The molecule has 0 atom stereocenters. The largest absolute Gasteiger partial charge is 0.328 e. The first-order valence-electron chi connectivity index (χ1n) is 8.40. The lowest BCUT2D eigenvalue weighted by Crippen LogP contribution is -1.97. The average Bonchev–Trinajstić information content (AvgIpc) is 3.04. The van der Waals surface area contributed by atoms with E-state index in [9.17, 15) is 0 Å². The lowest BCUT2D eigenvalue weighted by molar-refractivity contribution is 0.660. The number of nitrogens with zero attached hydrogens (tertiary/aromatic N) is 6. The predicted octanol–water partition coefficient (Wildman–Crippen LogP) is 3.69. The van der Waals surface area contributed by atoms with Crippen LogP contribution in [0.5, 0.6) is 0 Å². The summed E-state index contributed by atoms with van der Waals surface area (Å²) >= 11 is 1.48. The van der Waals surface area contributed by atoms with Gasteiger partial charge in [-0.2, -0.15) is 9.47 Å². The Hall–Kier alpha value is -2.74. The molecule has 0 amide bonds. The van der Waals surface area contributed by atoms with Crippen LogP contribution in [0.15, 0.2) is 37.1 Å². The third-order valence-corrected chi connectivity index (χ3v) is 5.17. The van der Waals surface area contributed by atoms with Gasteiger partial charge in [-0.15, -0.1) is 0 Å². The molecule has 1 saturated carbocycles. The van der Waals surface area contributed by atoms with E-state index in [-0.39, 0.29) is 0 Å². The molecule has 4 aromatic rings. The van der Waals surface area contributed by atoms with E-state index in [1.165, 1.54) is 30.1 Å². The number of rotatable bonds is 5. The SMILES string of the molecule is CCn1cc(-c2cnc3c(Nc4cc(C5CC5)ns4)nccn23)cn1. The van der Waals surface area contributed by atoms with Crippen molar-refractivity contribution in [2.45, 2.75) is 32.2 Å². The average molecular weight is 351 g/mol. The molecule has 1 aliphatic rings. The molecular weight excluding hydrogens is 334 g/mol. The van der Waals surface area contributed by atoms with Gasteiger partial charge in [0.2, 0.25) is 0 Å². The number of imidazole rings is 1.